The van der Waals surface area contributed by atoms with E-state index in [4.69, 9.17) is 5.11 Å². The van der Waals surface area contributed by atoms with Crippen molar-refractivity contribution in [1.82, 2.24) is 5.32 Å². The molecule has 0 unspecified atom stereocenters. The van der Waals surface area contributed by atoms with Gasteiger partial charge in [-0.3, -0.25) is 4.79 Å². The number of nitrogens with one attached hydrogen (secondary N) is 1. The Morgan fingerprint density at radius 1 is 1.35 bits per heavy atom. The summed E-state index contributed by atoms with van der Waals surface area (Å²) < 4.78 is 0. The van der Waals surface area contributed by atoms with E-state index in [-0.39, 0.29) is 28.5 Å². The standard InChI is InChI=1S/C13H19NO3/c1-4-7-13(2,3)14-12(17)10-6-5-9(15)8-11(10)16/h5-6,8,15-16H,4,7H2,1-3H3,(H,14,17). The van der Waals surface area contributed by atoms with Crippen LogP contribution in [0.5, 0.6) is 11.5 Å². The van der Waals surface area contributed by atoms with E-state index in [9.17, 15) is 9.90 Å². The summed E-state index contributed by atoms with van der Waals surface area (Å²) in [6.07, 6.45) is 1.83. The van der Waals surface area contributed by atoms with Crippen molar-refractivity contribution >= 4 is 5.91 Å². The molecule has 0 aliphatic rings. The molecule has 0 aliphatic carbocycles. The second-order valence-electron chi connectivity index (χ2n) is 4.79. The van der Waals surface area contributed by atoms with Crippen LogP contribution < -0.4 is 5.32 Å². The van der Waals surface area contributed by atoms with Gasteiger partial charge >= 0.3 is 0 Å². The van der Waals surface area contributed by atoms with Gasteiger partial charge < -0.3 is 15.5 Å². The van der Waals surface area contributed by atoms with Gasteiger partial charge in [0.25, 0.3) is 5.91 Å². The third kappa shape index (κ3) is 3.66. The predicted octanol–water partition coefficient (Wildman–Crippen LogP) is 2.41. The fourth-order valence-electron chi connectivity index (χ4n) is 1.77. The summed E-state index contributed by atoms with van der Waals surface area (Å²) in [4.78, 5) is 11.9. The van der Waals surface area contributed by atoms with Crippen molar-refractivity contribution in [3.05, 3.63) is 23.8 Å². The number of aromatic hydroxyl groups is 2. The number of benzene rings is 1. The van der Waals surface area contributed by atoms with Crippen molar-refractivity contribution in [3.8, 4) is 11.5 Å². The smallest absolute Gasteiger partial charge is 0.255 e. The lowest BCUT2D eigenvalue weighted by Gasteiger charge is -2.25. The lowest BCUT2D eigenvalue weighted by atomic mass is 9.98. The van der Waals surface area contributed by atoms with Crippen molar-refractivity contribution in [2.75, 3.05) is 0 Å². The topological polar surface area (TPSA) is 69.6 Å². The average Bonchev–Trinajstić information content (AvgIpc) is 2.15. The maximum absolute atomic E-state index is 11.9. The van der Waals surface area contributed by atoms with Crippen LogP contribution in [0.25, 0.3) is 0 Å². The van der Waals surface area contributed by atoms with E-state index in [0.29, 0.717) is 0 Å². The van der Waals surface area contributed by atoms with Gasteiger partial charge in [-0.25, -0.2) is 0 Å². The largest absolute Gasteiger partial charge is 0.508 e. The molecule has 0 bridgehead atoms. The van der Waals surface area contributed by atoms with E-state index in [2.05, 4.69) is 5.32 Å². The van der Waals surface area contributed by atoms with Gasteiger partial charge in [-0.05, 0) is 32.4 Å². The lowest BCUT2D eigenvalue weighted by molar-refractivity contribution is 0.0906. The fraction of sp³-hybridized carbons (Fsp3) is 0.462. The zero-order valence-corrected chi connectivity index (χ0v) is 10.4. The van der Waals surface area contributed by atoms with Crippen molar-refractivity contribution in [3.63, 3.8) is 0 Å². The maximum atomic E-state index is 11.9. The summed E-state index contributed by atoms with van der Waals surface area (Å²) in [6, 6.07) is 3.94. The molecule has 0 saturated heterocycles. The second-order valence-corrected chi connectivity index (χ2v) is 4.79. The van der Waals surface area contributed by atoms with Crippen LogP contribution in [0.3, 0.4) is 0 Å². The average molecular weight is 237 g/mol. The molecule has 0 radical (unpaired) electrons. The minimum Gasteiger partial charge on any atom is -0.508 e. The molecule has 1 amide bonds. The number of amides is 1. The Morgan fingerprint density at radius 3 is 2.53 bits per heavy atom. The van der Waals surface area contributed by atoms with Crippen LogP contribution in [-0.4, -0.2) is 21.7 Å². The fourth-order valence-corrected chi connectivity index (χ4v) is 1.77. The van der Waals surface area contributed by atoms with Crippen LogP contribution >= 0.6 is 0 Å². The number of hydrogen-bond donors (Lipinski definition) is 3. The Morgan fingerprint density at radius 2 is 2.00 bits per heavy atom. The van der Waals surface area contributed by atoms with Crippen molar-refractivity contribution < 1.29 is 15.0 Å². The van der Waals surface area contributed by atoms with Crippen LogP contribution in [0, 0.1) is 0 Å². The third-order valence-electron chi connectivity index (χ3n) is 2.55. The lowest BCUT2D eigenvalue weighted by Crippen LogP contribution is -2.43. The highest BCUT2D eigenvalue weighted by molar-refractivity contribution is 5.97. The number of carbonyl (C=O) groups excluding carboxylic acids is 1. The van der Waals surface area contributed by atoms with E-state index in [1.54, 1.807) is 0 Å². The molecule has 0 saturated carbocycles. The first-order valence-corrected chi connectivity index (χ1v) is 5.70. The SMILES string of the molecule is CCCC(C)(C)NC(=O)c1ccc(O)cc1O. The number of rotatable bonds is 4. The molecule has 0 fully saturated rings. The predicted molar refractivity (Wildman–Crippen MR) is 66.2 cm³/mol. The molecule has 0 atom stereocenters. The summed E-state index contributed by atoms with van der Waals surface area (Å²) in [6.45, 7) is 5.92. The number of phenolic OH excluding ortho intramolecular Hbond substituents is 2. The first kappa shape index (κ1) is 13.4. The summed E-state index contributed by atoms with van der Waals surface area (Å²) >= 11 is 0. The first-order chi connectivity index (χ1) is 7.85. The minimum atomic E-state index is -0.332. The van der Waals surface area contributed by atoms with E-state index in [0.717, 1.165) is 18.9 Å². The highest BCUT2D eigenvalue weighted by atomic mass is 16.3. The van der Waals surface area contributed by atoms with Gasteiger partial charge in [0.1, 0.15) is 11.5 Å². The number of phenols is 2. The monoisotopic (exact) mass is 237 g/mol. The van der Waals surface area contributed by atoms with Crippen LogP contribution in [0.1, 0.15) is 44.0 Å². The molecule has 0 spiro atoms. The van der Waals surface area contributed by atoms with Crippen LogP contribution in [-0.2, 0) is 0 Å². The highest BCUT2D eigenvalue weighted by Gasteiger charge is 2.21. The molecule has 1 aromatic carbocycles. The Kier molecular flexibility index (Phi) is 3.99. The summed E-state index contributed by atoms with van der Waals surface area (Å²) in [7, 11) is 0. The number of hydrogen-bond acceptors (Lipinski definition) is 3. The molecule has 0 aliphatic heterocycles. The second kappa shape index (κ2) is 5.08. The zero-order chi connectivity index (χ0) is 13.1. The molecule has 1 aromatic rings. The van der Waals surface area contributed by atoms with Gasteiger partial charge in [0.15, 0.2) is 0 Å². The molecule has 4 heteroatoms. The third-order valence-corrected chi connectivity index (χ3v) is 2.55. The van der Waals surface area contributed by atoms with E-state index in [1.165, 1.54) is 12.1 Å². The van der Waals surface area contributed by atoms with Gasteiger partial charge in [-0.2, -0.15) is 0 Å². The molecular weight excluding hydrogens is 218 g/mol. The summed E-state index contributed by atoms with van der Waals surface area (Å²) in [5.41, 5.74) is -0.136. The van der Waals surface area contributed by atoms with Gasteiger partial charge in [0.05, 0.1) is 5.56 Å². The van der Waals surface area contributed by atoms with E-state index >= 15 is 0 Å². The quantitative estimate of drug-likeness (QED) is 0.753. The Balaban J connectivity index is 2.83. The van der Waals surface area contributed by atoms with Gasteiger partial charge in [-0.15, -0.1) is 0 Å². The molecular formula is C13H19NO3. The van der Waals surface area contributed by atoms with Crippen molar-refractivity contribution in [1.29, 1.82) is 0 Å². The molecule has 0 heterocycles. The Labute approximate surface area is 101 Å². The molecule has 0 aromatic heterocycles. The molecule has 1 rings (SSSR count). The van der Waals surface area contributed by atoms with E-state index < -0.39 is 0 Å². The first-order valence-electron chi connectivity index (χ1n) is 5.70. The normalized spacial score (nSPS) is 11.2. The van der Waals surface area contributed by atoms with E-state index in [1.807, 2.05) is 20.8 Å². The number of carbonyl (C=O) groups is 1. The Hall–Kier alpha value is -1.71. The van der Waals surface area contributed by atoms with Gasteiger partial charge in [0, 0.05) is 11.6 Å². The highest BCUT2D eigenvalue weighted by Crippen LogP contribution is 2.23. The summed E-state index contributed by atoms with van der Waals surface area (Å²) in [5, 5.41) is 21.6. The molecule has 17 heavy (non-hydrogen) atoms. The maximum Gasteiger partial charge on any atom is 0.255 e. The summed E-state index contributed by atoms with van der Waals surface area (Å²) in [5.74, 6) is -0.609. The van der Waals surface area contributed by atoms with Crippen LogP contribution in [0.2, 0.25) is 0 Å². The molecule has 94 valence electrons. The zero-order valence-electron chi connectivity index (χ0n) is 10.4. The van der Waals surface area contributed by atoms with Gasteiger partial charge in [0.2, 0.25) is 0 Å². The Bertz CT molecular complexity index is 413. The van der Waals surface area contributed by atoms with Crippen LogP contribution in [0.4, 0.5) is 0 Å². The minimum absolute atomic E-state index is 0.0631. The molecule has 4 nitrogen and oxygen atoms in total. The van der Waals surface area contributed by atoms with Gasteiger partial charge in [-0.1, -0.05) is 13.3 Å². The van der Waals surface area contributed by atoms with Crippen LogP contribution in [0.15, 0.2) is 18.2 Å². The van der Waals surface area contributed by atoms with Crippen molar-refractivity contribution in [2.24, 2.45) is 0 Å². The van der Waals surface area contributed by atoms with Crippen molar-refractivity contribution in [2.45, 2.75) is 39.2 Å². The molecule has 3 N–H and O–H groups in total.